The van der Waals surface area contributed by atoms with Gasteiger partial charge >= 0.3 is 5.97 Å². The Bertz CT molecular complexity index is 609. The predicted octanol–water partition coefficient (Wildman–Crippen LogP) is 1.87. The maximum atomic E-state index is 11.7. The van der Waals surface area contributed by atoms with Crippen molar-refractivity contribution in [3.63, 3.8) is 0 Å². The van der Waals surface area contributed by atoms with Crippen LogP contribution in [0.4, 0.5) is 0 Å². The molecular formula is C14H13N3O2. The van der Waals surface area contributed by atoms with Crippen molar-refractivity contribution in [2.75, 3.05) is 0 Å². The minimum Gasteiger partial charge on any atom is -0.380 e. The average Bonchev–Trinajstić information content (AvgIpc) is 2.45. The van der Waals surface area contributed by atoms with Gasteiger partial charge in [0, 0.05) is 18.0 Å². The number of carbonyl (C=O) groups excluding carboxylic acids is 1. The van der Waals surface area contributed by atoms with Crippen molar-refractivity contribution in [3.05, 3.63) is 65.5 Å². The van der Waals surface area contributed by atoms with Gasteiger partial charge in [-0.05, 0) is 31.2 Å². The zero-order chi connectivity index (χ0) is 13.7. The van der Waals surface area contributed by atoms with Crippen LogP contribution in [0.15, 0.2) is 53.9 Å². The Balaban J connectivity index is 2.08. The van der Waals surface area contributed by atoms with Gasteiger partial charge in [0.15, 0.2) is 5.84 Å². The van der Waals surface area contributed by atoms with E-state index in [0.29, 0.717) is 11.1 Å². The molecule has 1 aromatic heterocycles. The van der Waals surface area contributed by atoms with Gasteiger partial charge < -0.3 is 10.6 Å². The molecule has 0 atom stereocenters. The summed E-state index contributed by atoms with van der Waals surface area (Å²) in [5.41, 5.74) is 7.68. The lowest BCUT2D eigenvalue weighted by Gasteiger charge is -2.01. The van der Waals surface area contributed by atoms with E-state index >= 15 is 0 Å². The molecule has 0 saturated carbocycles. The fourth-order valence-electron chi connectivity index (χ4n) is 1.48. The molecule has 0 fully saturated rings. The maximum Gasteiger partial charge on any atom is 0.365 e. The van der Waals surface area contributed by atoms with Crippen LogP contribution in [0.5, 0.6) is 0 Å². The van der Waals surface area contributed by atoms with Crippen LogP contribution >= 0.6 is 0 Å². The van der Waals surface area contributed by atoms with Crippen molar-refractivity contribution in [2.45, 2.75) is 6.92 Å². The highest BCUT2D eigenvalue weighted by molar-refractivity contribution is 5.97. The van der Waals surface area contributed by atoms with Crippen molar-refractivity contribution in [2.24, 2.45) is 10.9 Å². The summed E-state index contributed by atoms with van der Waals surface area (Å²) in [7, 11) is 0. The lowest BCUT2D eigenvalue weighted by atomic mass is 10.1. The number of amidine groups is 1. The third kappa shape index (κ3) is 3.38. The van der Waals surface area contributed by atoms with E-state index in [9.17, 15) is 4.79 Å². The number of benzene rings is 1. The molecule has 0 saturated heterocycles. The van der Waals surface area contributed by atoms with Gasteiger partial charge in [0.2, 0.25) is 0 Å². The summed E-state index contributed by atoms with van der Waals surface area (Å²) in [5.74, 6) is -0.440. The molecule has 0 aliphatic heterocycles. The van der Waals surface area contributed by atoms with E-state index in [4.69, 9.17) is 10.6 Å². The number of carbonyl (C=O) groups is 1. The average molecular weight is 255 g/mol. The first-order chi connectivity index (χ1) is 9.16. The Kier molecular flexibility index (Phi) is 3.87. The van der Waals surface area contributed by atoms with E-state index in [0.717, 1.165) is 5.56 Å². The zero-order valence-corrected chi connectivity index (χ0v) is 10.4. The van der Waals surface area contributed by atoms with E-state index in [2.05, 4.69) is 10.1 Å². The quantitative estimate of drug-likeness (QED) is 0.393. The van der Waals surface area contributed by atoms with E-state index in [1.807, 2.05) is 13.0 Å². The predicted molar refractivity (Wildman–Crippen MR) is 71.6 cm³/mol. The molecule has 2 N–H and O–H groups in total. The first-order valence-electron chi connectivity index (χ1n) is 5.68. The normalized spacial score (nSPS) is 11.1. The van der Waals surface area contributed by atoms with E-state index in [1.54, 1.807) is 42.7 Å². The number of pyridine rings is 1. The van der Waals surface area contributed by atoms with Crippen molar-refractivity contribution in [3.8, 4) is 0 Å². The van der Waals surface area contributed by atoms with Crippen LogP contribution in [0, 0.1) is 6.92 Å². The van der Waals surface area contributed by atoms with Gasteiger partial charge in [-0.2, -0.15) is 0 Å². The van der Waals surface area contributed by atoms with Gasteiger partial charge in [-0.3, -0.25) is 4.98 Å². The molecule has 0 radical (unpaired) electrons. The van der Waals surface area contributed by atoms with Crippen molar-refractivity contribution in [1.82, 2.24) is 4.98 Å². The Morgan fingerprint density at radius 2 is 2.05 bits per heavy atom. The summed E-state index contributed by atoms with van der Waals surface area (Å²) in [6.07, 6.45) is 3.16. The summed E-state index contributed by atoms with van der Waals surface area (Å²) >= 11 is 0. The van der Waals surface area contributed by atoms with Crippen LogP contribution in [0.2, 0.25) is 0 Å². The smallest absolute Gasteiger partial charge is 0.365 e. The Morgan fingerprint density at radius 3 is 2.74 bits per heavy atom. The highest BCUT2D eigenvalue weighted by atomic mass is 16.7. The second-order valence-corrected chi connectivity index (χ2v) is 3.97. The van der Waals surface area contributed by atoms with Crippen LogP contribution in [0.3, 0.4) is 0 Å². The number of hydrogen-bond donors (Lipinski definition) is 1. The molecule has 2 rings (SSSR count). The first kappa shape index (κ1) is 12.8. The highest BCUT2D eigenvalue weighted by Gasteiger charge is 2.07. The molecule has 0 aliphatic rings. The summed E-state index contributed by atoms with van der Waals surface area (Å²) < 4.78 is 0. The van der Waals surface area contributed by atoms with E-state index in [1.165, 1.54) is 0 Å². The lowest BCUT2D eigenvalue weighted by molar-refractivity contribution is 0.0516. The fourth-order valence-corrected chi connectivity index (χ4v) is 1.48. The van der Waals surface area contributed by atoms with E-state index in [-0.39, 0.29) is 5.84 Å². The van der Waals surface area contributed by atoms with Crippen LogP contribution in [-0.4, -0.2) is 16.8 Å². The summed E-state index contributed by atoms with van der Waals surface area (Å²) in [5, 5.41) is 3.61. The number of aromatic nitrogens is 1. The monoisotopic (exact) mass is 255 g/mol. The van der Waals surface area contributed by atoms with Crippen LogP contribution in [-0.2, 0) is 4.84 Å². The number of rotatable bonds is 3. The highest BCUT2D eigenvalue weighted by Crippen LogP contribution is 2.06. The Hall–Kier alpha value is -2.69. The second kappa shape index (κ2) is 5.77. The van der Waals surface area contributed by atoms with Crippen molar-refractivity contribution < 1.29 is 9.63 Å². The Labute approximate surface area is 110 Å². The third-order valence-corrected chi connectivity index (χ3v) is 2.44. The number of oxime groups is 1. The standard InChI is InChI=1S/C14H13N3O2/c1-10-4-2-5-11(8-10)14(18)19-17-13(15)12-6-3-7-16-9-12/h2-9H,1H3,(H2,15,17). The van der Waals surface area contributed by atoms with Crippen LogP contribution in [0.25, 0.3) is 0 Å². The summed E-state index contributed by atoms with van der Waals surface area (Å²) in [6, 6.07) is 10.5. The van der Waals surface area contributed by atoms with Gasteiger partial charge in [0.1, 0.15) is 0 Å². The van der Waals surface area contributed by atoms with E-state index < -0.39 is 5.97 Å². The Morgan fingerprint density at radius 1 is 1.26 bits per heavy atom. The summed E-state index contributed by atoms with van der Waals surface area (Å²) in [6.45, 7) is 1.89. The minimum absolute atomic E-state index is 0.106. The molecule has 5 heteroatoms. The van der Waals surface area contributed by atoms with Gasteiger partial charge in [0.25, 0.3) is 0 Å². The second-order valence-electron chi connectivity index (χ2n) is 3.97. The van der Waals surface area contributed by atoms with Crippen LogP contribution in [0.1, 0.15) is 21.5 Å². The number of nitrogens with zero attached hydrogens (tertiary/aromatic N) is 2. The van der Waals surface area contributed by atoms with Gasteiger partial charge in [-0.15, -0.1) is 0 Å². The molecule has 0 bridgehead atoms. The van der Waals surface area contributed by atoms with Gasteiger partial charge in [-0.1, -0.05) is 22.9 Å². The van der Waals surface area contributed by atoms with Gasteiger partial charge in [0.05, 0.1) is 5.56 Å². The first-order valence-corrected chi connectivity index (χ1v) is 5.68. The molecule has 19 heavy (non-hydrogen) atoms. The van der Waals surface area contributed by atoms with Crippen LogP contribution < -0.4 is 5.73 Å². The molecule has 5 nitrogen and oxygen atoms in total. The van der Waals surface area contributed by atoms with Gasteiger partial charge in [-0.25, -0.2) is 4.79 Å². The molecule has 0 aliphatic carbocycles. The maximum absolute atomic E-state index is 11.7. The largest absolute Gasteiger partial charge is 0.380 e. The van der Waals surface area contributed by atoms with Crippen molar-refractivity contribution in [1.29, 1.82) is 0 Å². The molecule has 96 valence electrons. The summed E-state index contributed by atoms with van der Waals surface area (Å²) in [4.78, 5) is 20.4. The SMILES string of the molecule is Cc1cccc(C(=O)ON=C(N)c2cccnc2)c1. The molecule has 0 amide bonds. The molecule has 0 spiro atoms. The number of aryl methyl sites for hydroxylation is 1. The topological polar surface area (TPSA) is 77.6 Å². The zero-order valence-electron chi connectivity index (χ0n) is 10.4. The third-order valence-electron chi connectivity index (χ3n) is 2.44. The lowest BCUT2D eigenvalue weighted by Crippen LogP contribution is -2.15. The minimum atomic E-state index is -0.546. The molecular weight excluding hydrogens is 242 g/mol. The number of hydrogen-bond acceptors (Lipinski definition) is 4. The molecule has 0 unspecified atom stereocenters. The van der Waals surface area contributed by atoms with Crippen molar-refractivity contribution >= 4 is 11.8 Å². The fraction of sp³-hybridized carbons (Fsp3) is 0.0714. The molecule has 1 heterocycles. The molecule has 1 aromatic carbocycles. The molecule has 2 aromatic rings. The number of nitrogens with two attached hydrogens (primary N) is 1.